The first-order valence-electron chi connectivity index (χ1n) is 7.41. The third-order valence-corrected chi connectivity index (χ3v) is 4.07. The third-order valence-electron chi connectivity index (χ3n) is 3.43. The summed E-state index contributed by atoms with van der Waals surface area (Å²) >= 11 is 3.65. The number of nitrogens with zero attached hydrogens (tertiary/aromatic N) is 4. The summed E-state index contributed by atoms with van der Waals surface area (Å²) in [6.07, 6.45) is 0. The zero-order valence-corrected chi connectivity index (χ0v) is 15.6. The van der Waals surface area contributed by atoms with Crippen molar-refractivity contribution in [1.82, 2.24) is 15.0 Å². The molecule has 6 nitrogen and oxygen atoms in total. The third kappa shape index (κ3) is 3.90. The van der Waals surface area contributed by atoms with Gasteiger partial charge >= 0.3 is 12.0 Å². The summed E-state index contributed by atoms with van der Waals surface area (Å²) in [6, 6.07) is 6.74. The van der Waals surface area contributed by atoms with Crippen LogP contribution in [0.4, 0.5) is 11.6 Å². The molecule has 0 radical (unpaired) electrons. The van der Waals surface area contributed by atoms with E-state index in [2.05, 4.69) is 62.9 Å². The van der Waals surface area contributed by atoms with Crippen LogP contribution in [0.3, 0.4) is 0 Å². The first-order valence-corrected chi connectivity index (χ1v) is 8.20. The Morgan fingerprint density at radius 3 is 2.13 bits per heavy atom. The normalized spacial score (nSPS) is 10.7. The highest BCUT2D eigenvalue weighted by molar-refractivity contribution is 9.10. The van der Waals surface area contributed by atoms with Crippen molar-refractivity contribution in [2.24, 2.45) is 0 Å². The fraction of sp³-hybridized carbons (Fsp3) is 0.438. The number of rotatable bonds is 6. The summed E-state index contributed by atoms with van der Waals surface area (Å²) in [5, 5.41) is 0. The van der Waals surface area contributed by atoms with Crippen LogP contribution in [0.15, 0.2) is 22.7 Å². The number of anilines is 2. The van der Waals surface area contributed by atoms with Gasteiger partial charge in [-0.3, -0.25) is 0 Å². The smallest absolute Gasteiger partial charge is 0.324 e. The molecule has 0 atom stereocenters. The molecule has 0 spiro atoms. The molecular formula is C16H21BrN4O2. The van der Waals surface area contributed by atoms with Gasteiger partial charge in [0, 0.05) is 11.0 Å². The SMILES string of the molecule is CCN(c1nc(OC)nc(OC)n1)c1ccc(C(C)C)cc1Br. The average Bonchev–Trinajstić information content (AvgIpc) is 2.56. The lowest BCUT2D eigenvalue weighted by Gasteiger charge is -2.23. The van der Waals surface area contributed by atoms with E-state index in [1.165, 1.54) is 19.8 Å². The van der Waals surface area contributed by atoms with E-state index in [1.807, 2.05) is 11.8 Å². The molecule has 23 heavy (non-hydrogen) atoms. The molecule has 0 bridgehead atoms. The maximum atomic E-state index is 5.13. The van der Waals surface area contributed by atoms with Gasteiger partial charge < -0.3 is 14.4 Å². The lowest BCUT2D eigenvalue weighted by molar-refractivity contribution is 0.340. The van der Waals surface area contributed by atoms with Crippen LogP contribution in [0.5, 0.6) is 12.0 Å². The Hall–Kier alpha value is -1.89. The van der Waals surface area contributed by atoms with Crippen LogP contribution < -0.4 is 14.4 Å². The Labute approximate surface area is 145 Å². The van der Waals surface area contributed by atoms with Crippen LogP contribution in [-0.2, 0) is 0 Å². The fourth-order valence-corrected chi connectivity index (χ4v) is 2.76. The topological polar surface area (TPSA) is 60.4 Å². The monoisotopic (exact) mass is 380 g/mol. The van der Waals surface area contributed by atoms with Crippen molar-refractivity contribution in [3.63, 3.8) is 0 Å². The Morgan fingerprint density at radius 2 is 1.70 bits per heavy atom. The predicted octanol–water partition coefficient (Wildman–Crippen LogP) is 3.93. The molecule has 0 N–H and O–H groups in total. The van der Waals surface area contributed by atoms with Gasteiger partial charge in [-0.25, -0.2) is 0 Å². The average molecular weight is 381 g/mol. The van der Waals surface area contributed by atoms with Crippen LogP contribution in [-0.4, -0.2) is 35.7 Å². The zero-order chi connectivity index (χ0) is 17.0. The number of aromatic nitrogens is 3. The molecule has 0 unspecified atom stereocenters. The van der Waals surface area contributed by atoms with Gasteiger partial charge in [-0.15, -0.1) is 4.98 Å². The number of halogens is 1. The first kappa shape index (κ1) is 17.5. The number of benzene rings is 1. The molecule has 0 fully saturated rings. The quantitative estimate of drug-likeness (QED) is 0.756. The minimum Gasteiger partial charge on any atom is -0.467 e. The van der Waals surface area contributed by atoms with Gasteiger partial charge in [0.25, 0.3) is 0 Å². The van der Waals surface area contributed by atoms with E-state index in [1.54, 1.807) is 0 Å². The summed E-state index contributed by atoms with van der Waals surface area (Å²) in [7, 11) is 3.03. The molecule has 2 rings (SSSR count). The molecule has 124 valence electrons. The molecule has 1 heterocycles. The van der Waals surface area contributed by atoms with Crippen LogP contribution >= 0.6 is 15.9 Å². The van der Waals surface area contributed by atoms with Crippen molar-refractivity contribution in [2.75, 3.05) is 25.7 Å². The van der Waals surface area contributed by atoms with Gasteiger partial charge in [0.15, 0.2) is 0 Å². The highest BCUT2D eigenvalue weighted by Gasteiger charge is 2.17. The second-order valence-electron chi connectivity index (χ2n) is 5.22. The summed E-state index contributed by atoms with van der Waals surface area (Å²) < 4.78 is 11.2. The molecule has 0 saturated carbocycles. The van der Waals surface area contributed by atoms with E-state index >= 15 is 0 Å². The largest absolute Gasteiger partial charge is 0.467 e. The molecule has 2 aromatic rings. The van der Waals surface area contributed by atoms with Gasteiger partial charge in [0.1, 0.15) is 0 Å². The van der Waals surface area contributed by atoms with E-state index in [-0.39, 0.29) is 12.0 Å². The minimum atomic E-state index is 0.222. The summed E-state index contributed by atoms with van der Waals surface area (Å²) in [6.45, 7) is 7.06. The summed E-state index contributed by atoms with van der Waals surface area (Å²) in [5.74, 6) is 0.946. The van der Waals surface area contributed by atoms with Gasteiger partial charge in [0.05, 0.1) is 19.9 Å². The van der Waals surface area contributed by atoms with Crippen molar-refractivity contribution < 1.29 is 9.47 Å². The van der Waals surface area contributed by atoms with Crippen LogP contribution in [0.2, 0.25) is 0 Å². The highest BCUT2D eigenvalue weighted by Crippen LogP contribution is 2.33. The van der Waals surface area contributed by atoms with Crippen molar-refractivity contribution in [1.29, 1.82) is 0 Å². The summed E-state index contributed by atoms with van der Waals surface area (Å²) in [5.41, 5.74) is 2.25. The molecule has 0 amide bonds. The predicted molar refractivity (Wildman–Crippen MR) is 93.8 cm³/mol. The molecule has 7 heteroatoms. The van der Waals surface area contributed by atoms with Crippen molar-refractivity contribution in [3.05, 3.63) is 28.2 Å². The maximum absolute atomic E-state index is 5.13. The molecule has 0 aliphatic rings. The first-order chi connectivity index (χ1) is 11.0. The van der Waals surface area contributed by atoms with Crippen molar-refractivity contribution in [3.8, 4) is 12.0 Å². The number of hydrogen-bond donors (Lipinski definition) is 0. The maximum Gasteiger partial charge on any atom is 0.324 e. The van der Waals surface area contributed by atoms with Gasteiger partial charge in [-0.05, 0) is 46.5 Å². The Bertz CT molecular complexity index is 657. The molecule has 0 saturated heterocycles. The number of ether oxygens (including phenoxy) is 2. The summed E-state index contributed by atoms with van der Waals surface area (Å²) in [4.78, 5) is 14.7. The van der Waals surface area contributed by atoms with E-state index < -0.39 is 0 Å². The van der Waals surface area contributed by atoms with Gasteiger partial charge in [-0.1, -0.05) is 19.9 Å². The Morgan fingerprint density at radius 1 is 1.09 bits per heavy atom. The van der Waals surface area contributed by atoms with E-state index in [0.717, 1.165) is 10.2 Å². The van der Waals surface area contributed by atoms with E-state index in [9.17, 15) is 0 Å². The lowest BCUT2D eigenvalue weighted by atomic mass is 10.0. The van der Waals surface area contributed by atoms with Crippen molar-refractivity contribution >= 4 is 27.6 Å². The number of methoxy groups -OCH3 is 2. The molecule has 1 aromatic heterocycles. The molecular weight excluding hydrogens is 360 g/mol. The fourth-order valence-electron chi connectivity index (χ4n) is 2.15. The second-order valence-corrected chi connectivity index (χ2v) is 6.07. The zero-order valence-electron chi connectivity index (χ0n) is 14.0. The van der Waals surface area contributed by atoms with Crippen LogP contribution in [0.1, 0.15) is 32.3 Å². The standard InChI is InChI=1S/C16H21BrN4O2/c1-6-21(13-8-7-11(10(2)3)9-12(13)17)14-18-15(22-4)20-16(19-14)23-5/h7-10H,6H2,1-5H3. The van der Waals surface area contributed by atoms with Crippen molar-refractivity contribution in [2.45, 2.75) is 26.7 Å². The Balaban J connectivity index is 2.47. The van der Waals surface area contributed by atoms with Gasteiger partial charge in [-0.2, -0.15) is 9.97 Å². The molecule has 0 aliphatic heterocycles. The molecule has 1 aromatic carbocycles. The van der Waals surface area contributed by atoms with E-state index in [0.29, 0.717) is 18.4 Å². The van der Waals surface area contributed by atoms with Crippen LogP contribution in [0, 0.1) is 0 Å². The minimum absolute atomic E-state index is 0.222. The highest BCUT2D eigenvalue weighted by atomic mass is 79.9. The second kappa shape index (κ2) is 7.59. The van der Waals surface area contributed by atoms with Gasteiger partial charge in [0.2, 0.25) is 5.95 Å². The van der Waals surface area contributed by atoms with E-state index in [4.69, 9.17) is 9.47 Å². The number of hydrogen-bond acceptors (Lipinski definition) is 6. The molecule has 0 aliphatic carbocycles. The van der Waals surface area contributed by atoms with Crippen LogP contribution in [0.25, 0.3) is 0 Å². The Kier molecular flexibility index (Phi) is 5.76. The lowest BCUT2D eigenvalue weighted by Crippen LogP contribution is -2.20.